The molecule has 1 saturated heterocycles. The summed E-state index contributed by atoms with van der Waals surface area (Å²) in [4.78, 5) is 17.9. The maximum Gasteiger partial charge on any atom is 0.323 e. The van der Waals surface area contributed by atoms with E-state index in [-0.39, 0.29) is 6.54 Å². The summed E-state index contributed by atoms with van der Waals surface area (Å²) in [6.07, 6.45) is 2.40. The third-order valence-electron chi connectivity index (χ3n) is 3.65. The molecule has 2 heterocycles. The minimum Gasteiger partial charge on any atom is -0.480 e. The number of imidazole rings is 1. The Balaban J connectivity index is 2.01. The minimum atomic E-state index is -0.859. The van der Waals surface area contributed by atoms with E-state index in [1.807, 2.05) is 6.07 Å². The standard InChI is InChI=1S/C14H16ClN3O2/c15-10-3-4-12-11(7-10)16-13(18(12)9-14(19)20)8-17-5-1-2-6-17/h3-4,7H,1-2,5-6,8-9H2,(H,19,20). The zero-order chi connectivity index (χ0) is 14.1. The average Bonchev–Trinajstić information content (AvgIpc) is 2.98. The highest BCUT2D eigenvalue weighted by atomic mass is 35.5. The molecule has 0 spiro atoms. The van der Waals surface area contributed by atoms with Crippen LogP contribution in [-0.4, -0.2) is 38.6 Å². The SMILES string of the molecule is O=C(O)Cn1c(CN2CCCC2)nc2cc(Cl)ccc21. The largest absolute Gasteiger partial charge is 0.480 e. The first-order valence-electron chi connectivity index (χ1n) is 6.72. The molecule has 0 unspecified atom stereocenters. The van der Waals surface area contributed by atoms with Crippen molar-refractivity contribution >= 4 is 28.6 Å². The first kappa shape index (κ1) is 13.4. The molecule has 0 aliphatic carbocycles. The Morgan fingerprint density at radius 3 is 2.80 bits per heavy atom. The summed E-state index contributed by atoms with van der Waals surface area (Å²) >= 11 is 5.98. The molecular formula is C14H16ClN3O2. The van der Waals surface area contributed by atoms with Gasteiger partial charge in [-0.25, -0.2) is 4.98 Å². The van der Waals surface area contributed by atoms with Crippen LogP contribution in [0.1, 0.15) is 18.7 Å². The molecule has 0 atom stereocenters. The molecule has 1 aliphatic heterocycles. The van der Waals surface area contributed by atoms with Crippen molar-refractivity contribution in [3.63, 3.8) is 0 Å². The Kier molecular flexibility index (Phi) is 3.63. The van der Waals surface area contributed by atoms with Gasteiger partial charge < -0.3 is 9.67 Å². The van der Waals surface area contributed by atoms with Crippen LogP contribution in [0, 0.1) is 0 Å². The summed E-state index contributed by atoms with van der Waals surface area (Å²) in [5.74, 6) is -0.0616. The first-order chi connectivity index (χ1) is 9.63. The van der Waals surface area contributed by atoms with Crippen LogP contribution < -0.4 is 0 Å². The van der Waals surface area contributed by atoms with Gasteiger partial charge in [0.25, 0.3) is 0 Å². The van der Waals surface area contributed by atoms with Crippen LogP contribution >= 0.6 is 11.6 Å². The molecule has 1 aromatic heterocycles. The molecule has 6 heteroatoms. The number of hydrogen-bond donors (Lipinski definition) is 1. The quantitative estimate of drug-likeness (QED) is 0.940. The van der Waals surface area contributed by atoms with Gasteiger partial charge in [0.15, 0.2) is 0 Å². The first-order valence-corrected chi connectivity index (χ1v) is 7.10. The molecule has 1 aromatic carbocycles. The Labute approximate surface area is 121 Å². The molecule has 1 aliphatic rings. The van der Waals surface area contributed by atoms with Crippen LogP contribution in [0.25, 0.3) is 11.0 Å². The van der Waals surface area contributed by atoms with Gasteiger partial charge in [-0.05, 0) is 44.1 Å². The van der Waals surface area contributed by atoms with E-state index < -0.39 is 5.97 Å². The lowest BCUT2D eigenvalue weighted by Gasteiger charge is -2.14. The van der Waals surface area contributed by atoms with Crippen molar-refractivity contribution in [2.24, 2.45) is 0 Å². The Morgan fingerprint density at radius 1 is 1.35 bits per heavy atom. The van der Waals surface area contributed by atoms with Crippen molar-refractivity contribution in [3.8, 4) is 0 Å². The lowest BCUT2D eigenvalue weighted by molar-refractivity contribution is -0.137. The molecule has 0 bridgehead atoms. The predicted molar refractivity (Wildman–Crippen MR) is 76.9 cm³/mol. The number of carboxylic acid groups (broad SMARTS) is 1. The Hall–Kier alpha value is -1.59. The topological polar surface area (TPSA) is 58.4 Å². The van der Waals surface area contributed by atoms with Gasteiger partial charge in [0.1, 0.15) is 12.4 Å². The molecule has 3 rings (SSSR count). The van der Waals surface area contributed by atoms with Gasteiger partial charge in [-0.3, -0.25) is 9.69 Å². The number of aliphatic carboxylic acids is 1. The highest BCUT2D eigenvalue weighted by Gasteiger charge is 2.18. The van der Waals surface area contributed by atoms with Crippen molar-refractivity contribution in [1.82, 2.24) is 14.5 Å². The van der Waals surface area contributed by atoms with E-state index >= 15 is 0 Å². The molecule has 0 amide bonds. The summed E-state index contributed by atoms with van der Waals surface area (Å²) in [7, 11) is 0. The van der Waals surface area contributed by atoms with Crippen molar-refractivity contribution in [2.45, 2.75) is 25.9 Å². The van der Waals surface area contributed by atoms with Crippen molar-refractivity contribution in [3.05, 3.63) is 29.0 Å². The van der Waals surface area contributed by atoms with Crippen LogP contribution in [-0.2, 0) is 17.9 Å². The maximum absolute atomic E-state index is 11.1. The maximum atomic E-state index is 11.1. The van der Waals surface area contributed by atoms with Gasteiger partial charge in [-0.2, -0.15) is 0 Å². The van der Waals surface area contributed by atoms with Crippen molar-refractivity contribution in [1.29, 1.82) is 0 Å². The Bertz CT molecular complexity index is 647. The highest BCUT2D eigenvalue weighted by Crippen LogP contribution is 2.22. The third-order valence-corrected chi connectivity index (χ3v) is 3.88. The summed E-state index contributed by atoms with van der Waals surface area (Å²) in [6.45, 7) is 2.73. The predicted octanol–water partition coefficient (Wildman–Crippen LogP) is 2.37. The van der Waals surface area contributed by atoms with E-state index in [0.29, 0.717) is 11.6 Å². The van der Waals surface area contributed by atoms with Crippen molar-refractivity contribution in [2.75, 3.05) is 13.1 Å². The Morgan fingerprint density at radius 2 is 2.10 bits per heavy atom. The lowest BCUT2D eigenvalue weighted by Crippen LogP contribution is -2.22. The fraction of sp³-hybridized carbons (Fsp3) is 0.429. The molecule has 5 nitrogen and oxygen atoms in total. The molecule has 2 aromatic rings. The number of fused-ring (bicyclic) bond motifs is 1. The van der Waals surface area contributed by atoms with Gasteiger partial charge in [0, 0.05) is 5.02 Å². The average molecular weight is 294 g/mol. The number of rotatable bonds is 4. The fourth-order valence-corrected chi connectivity index (χ4v) is 2.89. The second-order valence-electron chi connectivity index (χ2n) is 5.12. The lowest BCUT2D eigenvalue weighted by atomic mass is 10.3. The zero-order valence-electron chi connectivity index (χ0n) is 11.0. The second-order valence-corrected chi connectivity index (χ2v) is 5.56. The normalized spacial score (nSPS) is 16.1. The van der Waals surface area contributed by atoms with Gasteiger partial charge in [0.05, 0.1) is 17.6 Å². The summed E-state index contributed by atoms with van der Waals surface area (Å²) in [6, 6.07) is 5.38. The van der Waals surface area contributed by atoms with Crippen LogP contribution in [0.4, 0.5) is 0 Å². The number of carboxylic acids is 1. The molecule has 106 valence electrons. The third kappa shape index (κ3) is 2.64. The molecule has 1 N–H and O–H groups in total. The number of benzene rings is 1. The smallest absolute Gasteiger partial charge is 0.323 e. The molecule has 0 saturated carbocycles. The van der Waals surface area contributed by atoms with E-state index in [1.165, 1.54) is 12.8 Å². The van der Waals surface area contributed by atoms with E-state index in [4.69, 9.17) is 16.7 Å². The minimum absolute atomic E-state index is 0.0681. The molecule has 20 heavy (non-hydrogen) atoms. The molecule has 0 radical (unpaired) electrons. The number of hydrogen-bond acceptors (Lipinski definition) is 3. The van der Waals surface area contributed by atoms with Crippen LogP contribution in [0.5, 0.6) is 0 Å². The van der Waals surface area contributed by atoms with Crippen LogP contribution in [0.2, 0.25) is 5.02 Å². The zero-order valence-corrected chi connectivity index (χ0v) is 11.8. The highest BCUT2D eigenvalue weighted by molar-refractivity contribution is 6.31. The fourth-order valence-electron chi connectivity index (χ4n) is 2.73. The number of nitrogens with zero attached hydrogens (tertiary/aromatic N) is 3. The number of aromatic nitrogens is 2. The molecule has 1 fully saturated rings. The van der Waals surface area contributed by atoms with Crippen molar-refractivity contribution < 1.29 is 9.90 Å². The molecular weight excluding hydrogens is 278 g/mol. The number of likely N-dealkylation sites (tertiary alicyclic amines) is 1. The van der Waals surface area contributed by atoms with Gasteiger partial charge >= 0.3 is 5.97 Å². The van der Waals surface area contributed by atoms with Gasteiger partial charge in [-0.1, -0.05) is 11.6 Å². The number of halogens is 1. The van der Waals surface area contributed by atoms with E-state index in [1.54, 1.807) is 16.7 Å². The summed E-state index contributed by atoms with van der Waals surface area (Å²) in [5, 5.41) is 9.71. The summed E-state index contributed by atoms with van der Waals surface area (Å²) in [5.41, 5.74) is 1.58. The second kappa shape index (κ2) is 5.42. The summed E-state index contributed by atoms with van der Waals surface area (Å²) < 4.78 is 1.77. The number of carbonyl (C=O) groups is 1. The monoisotopic (exact) mass is 293 g/mol. The van der Waals surface area contributed by atoms with E-state index in [0.717, 1.165) is 29.9 Å². The van der Waals surface area contributed by atoms with Crippen LogP contribution in [0.15, 0.2) is 18.2 Å². The van der Waals surface area contributed by atoms with Gasteiger partial charge in [-0.15, -0.1) is 0 Å². The van der Waals surface area contributed by atoms with E-state index in [9.17, 15) is 4.79 Å². The van der Waals surface area contributed by atoms with E-state index in [2.05, 4.69) is 9.88 Å². The van der Waals surface area contributed by atoms with Gasteiger partial charge in [0.2, 0.25) is 0 Å². The van der Waals surface area contributed by atoms with Crippen LogP contribution in [0.3, 0.4) is 0 Å².